The van der Waals surface area contributed by atoms with Crippen LogP contribution in [-0.4, -0.2) is 26.8 Å². The summed E-state index contributed by atoms with van der Waals surface area (Å²) in [5, 5.41) is 7.47. The molecule has 0 saturated heterocycles. The molecule has 150 valence electrons. The van der Waals surface area contributed by atoms with Crippen molar-refractivity contribution >= 4 is 29.1 Å². The first-order valence-corrected chi connectivity index (χ1v) is 9.60. The van der Waals surface area contributed by atoms with Gasteiger partial charge in [-0.25, -0.2) is 4.79 Å². The molecule has 29 heavy (non-hydrogen) atoms. The maximum absolute atomic E-state index is 13.1. The van der Waals surface area contributed by atoms with Gasteiger partial charge >= 0.3 is 5.69 Å². The molecule has 1 aromatic heterocycles. The largest absolute Gasteiger partial charge is 0.352 e. The molecule has 1 heterocycles. The van der Waals surface area contributed by atoms with Crippen LogP contribution in [-0.2, 0) is 6.54 Å². The lowest BCUT2D eigenvalue weighted by Crippen LogP contribution is -2.46. The quantitative estimate of drug-likeness (QED) is 0.671. The maximum atomic E-state index is 13.1. The second-order valence-electron chi connectivity index (χ2n) is 6.36. The third-order valence-corrected chi connectivity index (χ3v) is 4.88. The Morgan fingerprint density at radius 3 is 2.55 bits per heavy atom. The van der Waals surface area contributed by atoms with E-state index >= 15 is 0 Å². The number of carbonyl (C=O) groups excluding carboxylic acids is 1. The molecule has 3 rings (SSSR count). The van der Waals surface area contributed by atoms with Crippen LogP contribution >= 0.6 is 23.2 Å². The topological polar surface area (TPSA) is 86.0 Å². The summed E-state index contributed by atoms with van der Waals surface area (Å²) < 4.78 is 1.96. The van der Waals surface area contributed by atoms with Crippen molar-refractivity contribution in [3.8, 4) is 5.69 Å². The molecule has 0 radical (unpaired) electrons. The summed E-state index contributed by atoms with van der Waals surface area (Å²) in [6, 6.07) is 11.7. The summed E-state index contributed by atoms with van der Waals surface area (Å²) in [6.07, 6.45) is 0. The minimum absolute atomic E-state index is 0.0628. The van der Waals surface area contributed by atoms with Crippen molar-refractivity contribution < 1.29 is 4.79 Å². The number of amides is 1. The summed E-state index contributed by atoms with van der Waals surface area (Å²) in [5.74, 6) is -0.663. The van der Waals surface area contributed by atoms with E-state index in [1.807, 2.05) is 6.92 Å². The summed E-state index contributed by atoms with van der Waals surface area (Å²) in [5.41, 5.74) is -0.0580. The van der Waals surface area contributed by atoms with Crippen LogP contribution < -0.4 is 16.6 Å². The minimum atomic E-state index is -0.782. The first kappa shape index (κ1) is 20.8. The minimum Gasteiger partial charge on any atom is -0.351 e. The van der Waals surface area contributed by atoms with E-state index in [4.69, 9.17) is 23.2 Å². The number of nitrogens with one attached hydrogen (secondary N) is 1. The van der Waals surface area contributed by atoms with Crippen LogP contribution in [0, 0.1) is 6.92 Å². The molecule has 9 heteroatoms. The Bertz CT molecular complexity index is 1200. The fraction of sp³-hybridized carbons (Fsp3) is 0.200. The number of rotatable bonds is 5. The lowest BCUT2D eigenvalue weighted by molar-refractivity contribution is 0.0946. The zero-order chi connectivity index (χ0) is 21.1. The number of hydrogen-bond donors (Lipinski definition) is 1. The van der Waals surface area contributed by atoms with Gasteiger partial charge < -0.3 is 5.32 Å². The van der Waals surface area contributed by atoms with Gasteiger partial charge in [0.2, 0.25) is 5.69 Å². The van der Waals surface area contributed by atoms with E-state index in [0.717, 1.165) is 14.8 Å². The first-order valence-electron chi connectivity index (χ1n) is 8.85. The molecular formula is C20H18Cl2N4O3. The fourth-order valence-corrected chi connectivity index (χ4v) is 3.13. The standard InChI is InChI=1S/C20H18Cl2N4O3/c1-3-23-18(27)17-19(28)25(11-13-5-4-6-14(21)9-13)20(29)26(24-17)15-8-7-12(2)16(22)10-15/h4-10H,3,11H2,1-2H3,(H,23,27). The molecule has 3 aromatic rings. The summed E-state index contributed by atoms with van der Waals surface area (Å²) >= 11 is 12.2. The Kier molecular flexibility index (Phi) is 6.20. The zero-order valence-corrected chi connectivity index (χ0v) is 17.3. The average molecular weight is 433 g/mol. The molecule has 0 unspecified atom stereocenters. The first-order chi connectivity index (χ1) is 13.8. The third kappa shape index (κ3) is 4.41. The van der Waals surface area contributed by atoms with Gasteiger partial charge in [0.15, 0.2) is 0 Å². The maximum Gasteiger partial charge on any atom is 0.352 e. The van der Waals surface area contributed by atoms with Crippen LogP contribution in [0.15, 0.2) is 52.1 Å². The van der Waals surface area contributed by atoms with E-state index in [1.165, 1.54) is 0 Å². The van der Waals surface area contributed by atoms with Gasteiger partial charge in [-0.1, -0.05) is 41.4 Å². The number of aromatic nitrogens is 3. The van der Waals surface area contributed by atoms with Crippen LogP contribution in [0.1, 0.15) is 28.5 Å². The van der Waals surface area contributed by atoms with Crippen LogP contribution in [0.25, 0.3) is 5.69 Å². The van der Waals surface area contributed by atoms with Crippen molar-refractivity contribution in [1.82, 2.24) is 19.7 Å². The van der Waals surface area contributed by atoms with Gasteiger partial charge in [0.1, 0.15) is 0 Å². The molecule has 0 aliphatic rings. The number of carbonyl (C=O) groups is 1. The predicted molar refractivity (Wildman–Crippen MR) is 112 cm³/mol. The van der Waals surface area contributed by atoms with Crippen molar-refractivity contribution in [2.24, 2.45) is 0 Å². The molecule has 0 aliphatic carbocycles. The van der Waals surface area contributed by atoms with E-state index in [2.05, 4.69) is 10.4 Å². The number of benzene rings is 2. The van der Waals surface area contributed by atoms with Crippen LogP contribution in [0.2, 0.25) is 10.0 Å². The Labute approximate surface area is 176 Å². The Hall–Kier alpha value is -2.90. The SMILES string of the molecule is CCNC(=O)c1nn(-c2ccc(C)c(Cl)c2)c(=O)n(Cc2cccc(Cl)c2)c1=O. The molecule has 0 spiro atoms. The van der Waals surface area contributed by atoms with Gasteiger partial charge in [0, 0.05) is 16.6 Å². The smallest absolute Gasteiger partial charge is 0.351 e. The Morgan fingerprint density at radius 2 is 1.90 bits per heavy atom. The van der Waals surface area contributed by atoms with Gasteiger partial charge in [0.25, 0.3) is 11.5 Å². The molecule has 1 amide bonds. The third-order valence-electron chi connectivity index (χ3n) is 4.24. The van der Waals surface area contributed by atoms with Crippen molar-refractivity contribution in [2.75, 3.05) is 6.54 Å². The van der Waals surface area contributed by atoms with Gasteiger partial charge in [-0.05, 0) is 49.2 Å². The lowest BCUT2D eigenvalue weighted by Gasteiger charge is -2.13. The summed E-state index contributed by atoms with van der Waals surface area (Å²) in [4.78, 5) is 38.3. The Balaban J connectivity index is 2.24. The van der Waals surface area contributed by atoms with Crippen LogP contribution in [0.4, 0.5) is 0 Å². The van der Waals surface area contributed by atoms with Gasteiger partial charge in [-0.3, -0.25) is 14.2 Å². The summed E-state index contributed by atoms with van der Waals surface area (Å²) in [7, 11) is 0. The number of hydrogen-bond acceptors (Lipinski definition) is 4. The fourth-order valence-electron chi connectivity index (χ4n) is 2.74. The number of nitrogens with zero attached hydrogens (tertiary/aromatic N) is 3. The highest BCUT2D eigenvalue weighted by atomic mass is 35.5. The highest BCUT2D eigenvalue weighted by Gasteiger charge is 2.20. The average Bonchev–Trinajstić information content (AvgIpc) is 2.68. The van der Waals surface area contributed by atoms with Gasteiger partial charge in [-0.15, -0.1) is 0 Å². The molecule has 2 aromatic carbocycles. The van der Waals surface area contributed by atoms with E-state index < -0.39 is 17.2 Å². The van der Waals surface area contributed by atoms with Crippen molar-refractivity contribution in [3.63, 3.8) is 0 Å². The molecule has 1 N–H and O–H groups in total. The molecule has 0 fully saturated rings. The molecule has 0 saturated carbocycles. The predicted octanol–water partition coefficient (Wildman–Crippen LogP) is 2.81. The molecule has 0 atom stereocenters. The number of aryl methyl sites for hydroxylation is 1. The second-order valence-corrected chi connectivity index (χ2v) is 7.20. The molecule has 0 bridgehead atoms. The molecule has 0 aliphatic heterocycles. The van der Waals surface area contributed by atoms with Crippen molar-refractivity contribution in [2.45, 2.75) is 20.4 Å². The monoisotopic (exact) mass is 432 g/mol. The van der Waals surface area contributed by atoms with E-state index in [0.29, 0.717) is 27.8 Å². The Morgan fingerprint density at radius 1 is 1.14 bits per heavy atom. The van der Waals surface area contributed by atoms with Crippen molar-refractivity contribution in [1.29, 1.82) is 0 Å². The highest BCUT2D eigenvalue weighted by Crippen LogP contribution is 2.18. The second kappa shape index (κ2) is 8.63. The number of halogens is 2. The highest BCUT2D eigenvalue weighted by molar-refractivity contribution is 6.31. The normalized spacial score (nSPS) is 10.8. The lowest BCUT2D eigenvalue weighted by atomic mass is 10.2. The van der Waals surface area contributed by atoms with Gasteiger partial charge in [-0.2, -0.15) is 9.78 Å². The van der Waals surface area contributed by atoms with Crippen LogP contribution in [0.5, 0.6) is 0 Å². The van der Waals surface area contributed by atoms with E-state index in [1.54, 1.807) is 49.4 Å². The van der Waals surface area contributed by atoms with E-state index in [-0.39, 0.29) is 12.2 Å². The van der Waals surface area contributed by atoms with E-state index in [9.17, 15) is 14.4 Å². The zero-order valence-electron chi connectivity index (χ0n) is 15.8. The molecule has 7 nitrogen and oxygen atoms in total. The van der Waals surface area contributed by atoms with Crippen molar-refractivity contribution in [3.05, 3.63) is 90.2 Å². The summed E-state index contributed by atoms with van der Waals surface area (Å²) in [6.45, 7) is 3.79. The molecular weight excluding hydrogens is 415 g/mol. The van der Waals surface area contributed by atoms with Crippen LogP contribution in [0.3, 0.4) is 0 Å². The van der Waals surface area contributed by atoms with Gasteiger partial charge in [0.05, 0.1) is 12.2 Å².